The number of aromatic nitrogens is 3. The number of aryl methyl sites for hydroxylation is 1. The van der Waals surface area contributed by atoms with Crippen LogP contribution < -0.4 is 10.1 Å². The normalized spacial score (nSPS) is 11.8. The number of fused-ring (bicyclic) bond motifs is 1. The summed E-state index contributed by atoms with van der Waals surface area (Å²) in [6.45, 7) is 6.62. The monoisotopic (exact) mass is 429 g/mol. The Labute approximate surface area is 187 Å². The number of rotatable bonds is 6. The van der Waals surface area contributed by atoms with Crippen LogP contribution in [0.5, 0.6) is 11.5 Å². The Hall–Kier alpha value is -3.87. The van der Waals surface area contributed by atoms with Gasteiger partial charge in [-0.3, -0.25) is 4.98 Å². The Bertz CT molecular complexity index is 1270. The maximum atomic E-state index is 6.02. The zero-order valence-corrected chi connectivity index (χ0v) is 19.0. The zero-order chi connectivity index (χ0) is 22.7. The highest BCUT2D eigenvalue weighted by Gasteiger charge is 2.15. The summed E-state index contributed by atoms with van der Waals surface area (Å²) in [5, 5.41) is 7.18. The zero-order valence-electron chi connectivity index (χ0n) is 19.0. The van der Waals surface area contributed by atoms with Gasteiger partial charge >= 0.3 is 0 Å². The SMILES string of the molecule is CO/N=C/c1cc(Oc2ccc3c(c2)nc(Nc2cccc(C(C)(C)C)c2)n3C)ccn1. The number of anilines is 2. The van der Waals surface area contributed by atoms with E-state index in [0.717, 1.165) is 22.7 Å². The molecule has 7 nitrogen and oxygen atoms in total. The van der Waals surface area contributed by atoms with E-state index in [1.165, 1.54) is 18.9 Å². The molecule has 2 aromatic carbocycles. The van der Waals surface area contributed by atoms with Crippen LogP contribution in [0.3, 0.4) is 0 Å². The molecular weight excluding hydrogens is 402 g/mol. The van der Waals surface area contributed by atoms with Gasteiger partial charge in [0, 0.05) is 31.1 Å². The summed E-state index contributed by atoms with van der Waals surface area (Å²) >= 11 is 0. The molecule has 0 radical (unpaired) electrons. The number of pyridine rings is 1. The third kappa shape index (κ3) is 4.72. The van der Waals surface area contributed by atoms with Gasteiger partial charge < -0.3 is 19.5 Å². The van der Waals surface area contributed by atoms with Gasteiger partial charge in [0.1, 0.15) is 18.6 Å². The molecule has 0 aliphatic heterocycles. The van der Waals surface area contributed by atoms with Crippen LogP contribution >= 0.6 is 0 Å². The second-order valence-corrected chi connectivity index (χ2v) is 8.54. The van der Waals surface area contributed by atoms with E-state index in [-0.39, 0.29) is 5.41 Å². The lowest BCUT2D eigenvalue weighted by atomic mass is 9.87. The quantitative estimate of drug-likeness (QED) is 0.311. The van der Waals surface area contributed by atoms with Crippen LogP contribution in [-0.4, -0.2) is 27.9 Å². The Kier molecular flexibility index (Phi) is 5.81. The Balaban J connectivity index is 1.58. The van der Waals surface area contributed by atoms with Crippen molar-refractivity contribution in [1.82, 2.24) is 14.5 Å². The summed E-state index contributed by atoms with van der Waals surface area (Å²) in [7, 11) is 3.49. The summed E-state index contributed by atoms with van der Waals surface area (Å²) in [4.78, 5) is 13.7. The average Bonchev–Trinajstić information content (AvgIpc) is 3.07. The van der Waals surface area contributed by atoms with Crippen molar-refractivity contribution in [2.45, 2.75) is 26.2 Å². The topological polar surface area (TPSA) is 73.6 Å². The predicted octanol–water partition coefficient (Wildman–Crippen LogP) is 5.78. The number of benzene rings is 2. The van der Waals surface area contributed by atoms with Crippen LogP contribution in [0.4, 0.5) is 11.6 Å². The van der Waals surface area contributed by atoms with Gasteiger partial charge in [-0.25, -0.2) is 4.98 Å². The second-order valence-electron chi connectivity index (χ2n) is 8.54. The van der Waals surface area contributed by atoms with Crippen molar-refractivity contribution in [3.05, 3.63) is 72.1 Å². The maximum absolute atomic E-state index is 6.02. The molecule has 0 spiro atoms. The van der Waals surface area contributed by atoms with E-state index in [4.69, 9.17) is 14.6 Å². The molecule has 2 heterocycles. The molecule has 0 fully saturated rings. The minimum Gasteiger partial charge on any atom is -0.457 e. The minimum absolute atomic E-state index is 0.0819. The number of hydrogen-bond donors (Lipinski definition) is 1. The van der Waals surface area contributed by atoms with Gasteiger partial charge in [-0.15, -0.1) is 0 Å². The van der Waals surface area contributed by atoms with Crippen LogP contribution in [0.1, 0.15) is 32.0 Å². The van der Waals surface area contributed by atoms with E-state index in [1.807, 2.05) is 29.8 Å². The van der Waals surface area contributed by atoms with Gasteiger partial charge in [0.2, 0.25) is 5.95 Å². The predicted molar refractivity (Wildman–Crippen MR) is 128 cm³/mol. The summed E-state index contributed by atoms with van der Waals surface area (Å²) in [5.41, 5.74) is 4.85. The number of hydrogen-bond acceptors (Lipinski definition) is 6. The summed E-state index contributed by atoms with van der Waals surface area (Å²) in [6.07, 6.45) is 3.20. The van der Waals surface area contributed by atoms with Crippen molar-refractivity contribution in [2.24, 2.45) is 12.2 Å². The number of oxime groups is 1. The number of nitrogens with one attached hydrogen (secondary N) is 1. The fraction of sp³-hybridized carbons (Fsp3) is 0.240. The minimum atomic E-state index is 0.0819. The molecule has 1 N–H and O–H groups in total. The summed E-state index contributed by atoms with van der Waals surface area (Å²) in [5.74, 6) is 2.12. The lowest BCUT2D eigenvalue weighted by molar-refractivity contribution is 0.215. The molecule has 0 atom stereocenters. The fourth-order valence-electron chi connectivity index (χ4n) is 3.35. The van der Waals surface area contributed by atoms with E-state index in [1.54, 1.807) is 18.3 Å². The molecule has 0 bridgehead atoms. The lowest BCUT2D eigenvalue weighted by Crippen LogP contribution is -2.11. The largest absolute Gasteiger partial charge is 0.457 e. The molecule has 0 amide bonds. The Morgan fingerprint density at radius 2 is 1.84 bits per heavy atom. The first-order valence-corrected chi connectivity index (χ1v) is 10.4. The second kappa shape index (κ2) is 8.70. The van der Waals surface area contributed by atoms with Gasteiger partial charge in [0.15, 0.2) is 0 Å². The fourth-order valence-corrected chi connectivity index (χ4v) is 3.35. The molecule has 7 heteroatoms. The number of imidazole rings is 1. The van der Waals surface area contributed by atoms with Crippen molar-refractivity contribution in [3.63, 3.8) is 0 Å². The van der Waals surface area contributed by atoms with Gasteiger partial charge in [0.25, 0.3) is 0 Å². The third-order valence-electron chi connectivity index (χ3n) is 5.12. The van der Waals surface area contributed by atoms with Crippen LogP contribution in [0.2, 0.25) is 0 Å². The van der Waals surface area contributed by atoms with Gasteiger partial charge in [-0.05, 0) is 41.3 Å². The van der Waals surface area contributed by atoms with E-state index in [0.29, 0.717) is 17.2 Å². The molecule has 0 aliphatic carbocycles. The van der Waals surface area contributed by atoms with E-state index < -0.39 is 0 Å². The highest BCUT2D eigenvalue weighted by atomic mass is 16.6. The average molecular weight is 430 g/mol. The smallest absolute Gasteiger partial charge is 0.208 e. The van der Waals surface area contributed by atoms with Gasteiger partial charge in [-0.1, -0.05) is 38.1 Å². The molecule has 0 saturated heterocycles. The first kappa shape index (κ1) is 21.4. The molecule has 32 heavy (non-hydrogen) atoms. The standard InChI is InChI=1S/C25H27N5O2/c1-25(2,3)17-7-6-8-18(13-17)28-24-29-22-15-20(9-10-23(22)30(24)4)32-21-11-12-26-19(14-21)16-27-31-5/h6-16H,1-5H3,(H,28,29)/b27-16+. The molecule has 164 valence electrons. The third-order valence-corrected chi connectivity index (χ3v) is 5.12. The van der Waals surface area contributed by atoms with E-state index in [9.17, 15) is 0 Å². The summed E-state index contributed by atoms with van der Waals surface area (Å²) in [6, 6.07) is 17.9. The highest BCUT2D eigenvalue weighted by Crippen LogP contribution is 2.29. The molecule has 4 rings (SSSR count). The number of ether oxygens (including phenoxy) is 1. The van der Waals surface area contributed by atoms with Crippen LogP contribution in [-0.2, 0) is 17.3 Å². The van der Waals surface area contributed by atoms with Crippen molar-refractivity contribution in [1.29, 1.82) is 0 Å². The van der Waals surface area contributed by atoms with Gasteiger partial charge in [-0.2, -0.15) is 0 Å². The van der Waals surface area contributed by atoms with Crippen molar-refractivity contribution in [2.75, 3.05) is 12.4 Å². The Morgan fingerprint density at radius 1 is 1.03 bits per heavy atom. The van der Waals surface area contributed by atoms with Crippen molar-refractivity contribution < 1.29 is 9.57 Å². The van der Waals surface area contributed by atoms with Crippen molar-refractivity contribution in [3.8, 4) is 11.5 Å². The molecule has 4 aromatic rings. The van der Waals surface area contributed by atoms with Crippen LogP contribution in [0, 0.1) is 0 Å². The molecule has 0 unspecified atom stereocenters. The lowest BCUT2D eigenvalue weighted by Gasteiger charge is -2.20. The van der Waals surface area contributed by atoms with E-state index >= 15 is 0 Å². The van der Waals surface area contributed by atoms with E-state index in [2.05, 4.69) is 60.5 Å². The van der Waals surface area contributed by atoms with Crippen LogP contribution in [0.15, 0.2) is 65.9 Å². The Morgan fingerprint density at radius 3 is 2.62 bits per heavy atom. The molecule has 2 aromatic heterocycles. The number of nitrogens with zero attached hydrogens (tertiary/aromatic N) is 4. The first-order chi connectivity index (χ1) is 15.3. The molecule has 0 saturated carbocycles. The highest BCUT2D eigenvalue weighted by molar-refractivity contribution is 5.81. The van der Waals surface area contributed by atoms with Gasteiger partial charge in [0.05, 0.1) is 22.9 Å². The van der Waals surface area contributed by atoms with Crippen LogP contribution in [0.25, 0.3) is 11.0 Å². The molecular formula is C25H27N5O2. The summed E-state index contributed by atoms with van der Waals surface area (Å²) < 4.78 is 8.05. The first-order valence-electron chi connectivity index (χ1n) is 10.4. The maximum Gasteiger partial charge on any atom is 0.208 e. The van der Waals surface area contributed by atoms with Crippen molar-refractivity contribution >= 4 is 28.9 Å². The molecule has 0 aliphatic rings.